The van der Waals surface area contributed by atoms with Crippen LogP contribution in [0.3, 0.4) is 0 Å². The molecule has 0 amide bonds. The second-order valence-corrected chi connectivity index (χ2v) is 5.46. The van der Waals surface area contributed by atoms with Gasteiger partial charge in [-0.05, 0) is 52.3 Å². The van der Waals surface area contributed by atoms with Crippen molar-refractivity contribution in [3.63, 3.8) is 0 Å². The normalized spacial score (nSPS) is 15.2. The van der Waals surface area contributed by atoms with E-state index in [2.05, 4.69) is 55.4 Å². The average molecular weight is 334 g/mol. The Labute approximate surface area is 126 Å². The van der Waals surface area contributed by atoms with Crippen molar-refractivity contribution in [2.24, 2.45) is 0 Å². The van der Waals surface area contributed by atoms with Crippen LogP contribution in [0.2, 0.25) is 0 Å². The standard InChI is InChI=1S/C15H16BrN3O/c16-14-2-1-7-17-15(14)18-12-3-5-13(6-4-12)19-8-10-20-11-9-19/h1-7H,8-11H2,(H,17,18). The van der Waals surface area contributed by atoms with Gasteiger partial charge in [0.25, 0.3) is 0 Å². The summed E-state index contributed by atoms with van der Waals surface area (Å²) in [6.45, 7) is 3.53. The molecule has 2 heterocycles. The number of aromatic nitrogens is 1. The third-order valence-corrected chi connectivity index (χ3v) is 3.90. The largest absolute Gasteiger partial charge is 0.378 e. The van der Waals surface area contributed by atoms with Crippen LogP contribution < -0.4 is 10.2 Å². The summed E-state index contributed by atoms with van der Waals surface area (Å²) in [5.41, 5.74) is 2.26. The van der Waals surface area contributed by atoms with Crippen LogP contribution in [0.1, 0.15) is 0 Å². The monoisotopic (exact) mass is 333 g/mol. The van der Waals surface area contributed by atoms with Crippen molar-refractivity contribution in [3.8, 4) is 0 Å². The predicted octanol–water partition coefficient (Wildman–Crippen LogP) is 3.42. The quantitative estimate of drug-likeness (QED) is 0.933. The molecule has 1 saturated heterocycles. The summed E-state index contributed by atoms with van der Waals surface area (Å²) >= 11 is 3.48. The zero-order chi connectivity index (χ0) is 13.8. The van der Waals surface area contributed by atoms with Gasteiger partial charge in [-0.3, -0.25) is 0 Å². The summed E-state index contributed by atoms with van der Waals surface area (Å²) in [5.74, 6) is 0.826. The number of hydrogen-bond acceptors (Lipinski definition) is 4. The Bertz CT molecular complexity index is 568. The summed E-state index contributed by atoms with van der Waals surface area (Å²) < 4.78 is 6.33. The number of rotatable bonds is 3. The van der Waals surface area contributed by atoms with Crippen LogP contribution in [-0.2, 0) is 4.74 Å². The molecule has 104 valence electrons. The first-order valence-corrected chi connectivity index (χ1v) is 7.42. The molecule has 0 unspecified atom stereocenters. The Morgan fingerprint density at radius 1 is 1.10 bits per heavy atom. The van der Waals surface area contributed by atoms with Gasteiger partial charge in [-0.25, -0.2) is 4.98 Å². The van der Waals surface area contributed by atoms with Crippen LogP contribution in [0, 0.1) is 0 Å². The maximum Gasteiger partial charge on any atom is 0.144 e. The maximum absolute atomic E-state index is 5.37. The lowest BCUT2D eigenvalue weighted by Crippen LogP contribution is -2.36. The van der Waals surface area contributed by atoms with Gasteiger partial charge in [0.05, 0.1) is 17.7 Å². The fraction of sp³-hybridized carbons (Fsp3) is 0.267. The summed E-state index contributed by atoms with van der Waals surface area (Å²) in [6.07, 6.45) is 1.77. The fourth-order valence-electron chi connectivity index (χ4n) is 2.19. The Morgan fingerprint density at radius 3 is 2.55 bits per heavy atom. The van der Waals surface area contributed by atoms with Gasteiger partial charge < -0.3 is 15.0 Å². The van der Waals surface area contributed by atoms with Crippen molar-refractivity contribution in [1.29, 1.82) is 0 Å². The number of benzene rings is 1. The summed E-state index contributed by atoms with van der Waals surface area (Å²) in [4.78, 5) is 6.64. The minimum Gasteiger partial charge on any atom is -0.378 e. The third-order valence-electron chi connectivity index (χ3n) is 3.26. The molecular weight excluding hydrogens is 318 g/mol. The molecule has 4 nitrogen and oxygen atoms in total. The molecule has 0 saturated carbocycles. The highest BCUT2D eigenvalue weighted by Gasteiger charge is 2.10. The zero-order valence-corrected chi connectivity index (χ0v) is 12.6. The number of ether oxygens (including phenoxy) is 1. The number of nitrogens with zero attached hydrogens (tertiary/aromatic N) is 2. The van der Waals surface area contributed by atoms with Crippen molar-refractivity contribution >= 4 is 33.1 Å². The number of pyridine rings is 1. The minimum atomic E-state index is 0.806. The molecule has 20 heavy (non-hydrogen) atoms. The van der Waals surface area contributed by atoms with Gasteiger partial charge in [0.2, 0.25) is 0 Å². The second-order valence-electron chi connectivity index (χ2n) is 4.61. The number of hydrogen-bond donors (Lipinski definition) is 1. The highest BCUT2D eigenvalue weighted by molar-refractivity contribution is 9.10. The SMILES string of the molecule is Brc1cccnc1Nc1ccc(N2CCOCC2)cc1. The first-order valence-electron chi connectivity index (χ1n) is 6.63. The molecule has 0 spiro atoms. The van der Waals surface area contributed by atoms with E-state index in [1.165, 1.54) is 5.69 Å². The van der Waals surface area contributed by atoms with Crippen LogP contribution in [0.4, 0.5) is 17.2 Å². The molecule has 1 aromatic heterocycles. The van der Waals surface area contributed by atoms with Crippen LogP contribution >= 0.6 is 15.9 Å². The van der Waals surface area contributed by atoms with E-state index in [-0.39, 0.29) is 0 Å². The van der Waals surface area contributed by atoms with E-state index in [0.717, 1.165) is 42.3 Å². The first-order chi connectivity index (χ1) is 9.83. The molecule has 1 aromatic carbocycles. The highest BCUT2D eigenvalue weighted by Crippen LogP contribution is 2.25. The third kappa shape index (κ3) is 3.11. The molecule has 1 aliphatic heterocycles. The Kier molecular flexibility index (Phi) is 4.18. The molecule has 0 radical (unpaired) electrons. The Morgan fingerprint density at radius 2 is 1.85 bits per heavy atom. The maximum atomic E-state index is 5.37. The molecule has 5 heteroatoms. The van der Waals surface area contributed by atoms with E-state index in [0.29, 0.717) is 0 Å². The molecule has 1 fully saturated rings. The lowest BCUT2D eigenvalue weighted by Gasteiger charge is -2.28. The molecule has 0 atom stereocenters. The summed E-state index contributed by atoms with van der Waals surface area (Å²) in [5, 5.41) is 3.30. The lowest BCUT2D eigenvalue weighted by atomic mass is 10.2. The number of anilines is 3. The minimum absolute atomic E-state index is 0.806. The molecule has 2 aromatic rings. The molecule has 0 aliphatic carbocycles. The van der Waals surface area contributed by atoms with Gasteiger partial charge >= 0.3 is 0 Å². The molecule has 3 rings (SSSR count). The van der Waals surface area contributed by atoms with Gasteiger partial charge in [-0.1, -0.05) is 0 Å². The molecular formula is C15H16BrN3O. The van der Waals surface area contributed by atoms with Crippen molar-refractivity contribution < 1.29 is 4.74 Å². The van der Waals surface area contributed by atoms with E-state index in [9.17, 15) is 0 Å². The van der Waals surface area contributed by atoms with Crippen molar-refractivity contribution in [2.75, 3.05) is 36.5 Å². The van der Waals surface area contributed by atoms with E-state index in [1.807, 2.05) is 12.1 Å². The van der Waals surface area contributed by atoms with Crippen molar-refractivity contribution in [3.05, 3.63) is 47.1 Å². The van der Waals surface area contributed by atoms with Gasteiger partial charge in [-0.2, -0.15) is 0 Å². The number of halogens is 1. The van der Waals surface area contributed by atoms with Crippen LogP contribution in [-0.4, -0.2) is 31.3 Å². The Hall–Kier alpha value is -1.59. The van der Waals surface area contributed by atoms with Crippen molar-refractivity contribution in [2.45, 2.75) is 0 Å². The molecule has 1 N–H and O–H groups in total. The number of nitrogens with one attached hydrogen (secondary N) is 1. The lowest BCUT2D eigenvalue weighted by molar-refractivity contribution is 0.122. The van der Waals surface area contributed by atoms with Crippen LogP contribution in [0.25, 0.3) is 0 Å². The number of morpholine rings is 1. The van der Waals surface area contributed by atoms with Gasteiger partial charge in [0.15, 0.2) is 0 Å². The van der Waals surface area contributed by atoms with Crippen LogP contribution in [0.5, 0.6) is 0 Å². The topological polar surface area (TPSA) is 37.4 Å². The van der Waals surface area contributed by atoms with Gasteiger partial charge in [0.1, 0.15) is 5.82 Å². The summed E-state index contributed by atoms with van der Waals surface area (Å²) in [7, 11) is 0. The van der Waals surface area contributed by atoms with Crippen molar-refractivity contribution in [1.82, 2.24) is 4.98 Å². The van der Waals surface area contributed by atoms with Crippen LogP contribution in [0.15, 0.2) is 47.1 Å². The fourth-order valence-corrected chi connectivity index (χ4v) is 2.55. The van der Waals surface area contributed by atoms with E-state index in [1.54, 1.807) is 6.20 Å². The van der Waals surface area contributed by atoms with Gasteiger partial charge in [0, 0.05) is 30.7 Å². The Balaban J connectivity index is 1.71. The second kappa shape index (κ2) is 6.24. The summed E-state index contributed by atoms with van der Waals surface area (Å²) in [6, 6.07) is 12.3. The smallest absolute Gasteiger partial charge is 0.144 e. The van der Waals surface area contributed by atoms with E-state index >= 15 is 0 Å². The van der Waals surface area contributed by atoms with Gasteiger partial charge in [-0.15, -0.1) is 0 Å². The zero-order valence-electron chi connectivity index (χ0n) is 11.1. The molecule has 0 bridgehead atoms. The predicted molar refractivity (Wildman–Crippen MR) is 84.7 cm³/mol. The molecule has 1 aliphatic rings. The van der Waals surface area contributed by atoms with E-state index in [4.69, 9.17) is 4.74 Å². The highest BCUT2D eigenvalue weighted by atomic mass is 79.9. The first kappa shape index (κ1) is 13.4. The van der Waals surface area contributed by atoms with E-state index < -0.39 is 0 Å². The average Bonchev–Trinajstić information content (AvgIpc) is 2.51.